The van der Waals surface area contributed by atoms with Gasteiger partial charge in [0.05, 0.1) is 5.56 Å². The van der Waals surface area contributed by atoms with E-state index in [-0.39, 0.29) is 5.76 Å². The van der Waals surface area contributed by atoms with Crippen LogP contribution in [0, 0.1) is 12.7 Å². The summed E-state index contributed by atoms with van der Waals surface area (Å²) in [6, 6.07) is 3.72. The van der Waals surface area contributed by atoms with Gasteiger partial charge in [0.1, 0.15) is 17.6 Å². The Balaban J connectivity index is 2.23. The first-order valence-electron chi connectivity index (χ1n) is 7.04. The highest BCUT2D eigenvalue weighted by Crippen LogP contribution is 2.32. The van der Waals surface area contributed by atoms with Crippen molar-refractivity contribution in [3.8, 4) is 0 Å². The van der Waals surface area contributed by atoms with Crippen LogP contribution in [0.3, 0.4) is 0 Å². The molecule has 2 N–H and O–H groups in total. The van der Waals surface area contributed by atoms with Gasteiger partial charge in [0.15, 0.2) is 5.76 Å². The molecule has 1 aromatic heterocycles. The molecule has 0 saturated heterocycles. The molecule has 0 fully saturated rings. The first-order valence-corrected chi connectivity index (χ1v) is 7.04. The summed E-state index contributed by atoms with van der Waals surface area (Å²) < 4.78 is 57.2. The molecule has 1 aromatic carbocycles. The van der Waals surface area contributed by atoms with Gasteiger partial charge < -0.3 is 14.8 Å². The van der Waals surface area contributed by atoms with Crippen molar-refractivity contribution in [3.63, 3.8) is 0 Å². The molecule has 5 nitrogen and oxygen atoms in total. The van der Waals surface area contributed by atoms with E-state index >= 15 is 0 Å². The number of furan rings is 1. The third kappa shape index (κ3) is 4.37. The number of aryl methyl sites for hydroxylation is 1. The minimum atomic E-state index is -4.91. The SMILES string of the molecule is Cc1ccc(C(=O)NC(Cc2cccc(C(F)(F)F)c2F)C(=O)O)o1. The van der Waals surface area contributed by atoms with Gasteiger partial charge in [-0.3, -0.25) is 4.79 Å². The second kappa shape index (κ2) is 6.96. The molecule has 0 radical (unpaired) electrons. The number of carbonyl (C=O) groups is 2. The fourth-order valence-electron chi connectivity index (χ4n) is 2.16. The summed E-state index contributed by atoms with van der Waals surface area (Å²) in [5.74, 6) is -3.69. The van der Waals surface area contributed by atoms with Gasteiger partial charge in [-0.1, -0.05) is 12.1 Å². The van der Waals surface area contributed by atoms with E-state index in [0.29, 0.717) is 11.8 Å². The number of carboxylic acid groups (broad SMARTS) is 1. The lowest BCUT2D eigenvalue weighted by atomic mass is 10.0. The number of alkyl halides is 3. The molecule has 0 bridgehead atoms. The van der Waals surface area contributed by atoms with Crippen LogP contribution in [0.4, 0.5) is 17.6 Å². The van der Waals surface area contributed by atoms with Crippen LogP contribution < -0.4 is 5.32 Å². The highest BCUT2D eigenvalue weighted by Gasteiger charge is 2.35. The summed E-state index contributed by atoms with van der Waals surface area (Å²) in [6.45, 7) is 1.57. The number of amides is 1. The summed E-state index contributed by atoms with van der Waals surface area (Å²) in [5, 5.41) is 11.3. The number of rotatable bonds is 5. The average Bonchev–Trinajstić information content (AvgIpc) is 2.93. The summed E-state index contributed by atoms with van der Waals surface area (Å²) >= 11 is 0. The van der Waals surface area contributed by atoms with E-state index < -0.39 is 47.5 Å². The maximum absolute atomic E-state index is 14.0. The summed E-state index contributed by atoms with van der Waals surface area (Å²) in [4.78, 5) is 23.2. The zero-order valence-corrected chi connectivity index (χ0v) is 12.9. The second-order valence-electron chi connectivity index (χ2n) is 5.26. The Morgan fingerprint density at radius 2 is 1.92 bits per heavy atom. The van der Waals surface area contributed by atoms with Crippen molar-refractivity contribution in [1.29, 1.82) is 0 Å². The van der Waals surface area contributed by atoms with Gasteiger partial charge >= 0.3 is 12.1 Å². The molecule has 2 rings (SSSR count). The average molecular weight is 359 g/mol. The predicted octanol–water partition coefficient (Wildman–Crippen LogP) is 3.17. The number of carboxylic acids is 1. The number of hydrogen-bond acceptors (Lipinski definition) is 3. The lowest BCUT2D eigenvalue weighted by Crippen LogP contribution is -2.42. The van der Waals surface area contributed by atoms with Gasteiger partial charge in [0.25, 0.3) is 5.91 Å². The van der Waals surface area contributed by atoms with Crippen molar-refractivity contribution in [2.24, 2.45) is 0 Å². The van der Waals surface area contributed by atoms with E-state index in [9.17, 15) is 27.2 Å². The Labute approximate surface area is 139 Å². The minimum absolute atomic E-state index is 0.159. The van der Waals surface area contributed by atoms with E-state index in [1.807, 2.05) is 0 Å². The summed E-state index contributed by atoms with van der Waals surface area (Å²) in [6.07, 6.45) is -5.57. The molecule has 1 unspecified atom stereocenters. The molecule has 0 aliphatic heterocycles. The molecule has 0 aliphatic carbocycles. The van der Waals surface area contributed by atoms with Gasteiger partial charge in [-0.25, -0.2) is 9.18 Å². The number of nitrogens with one attached hydrogen (secondary N) is 1. The first kappa shape index (κ1) is 18.5. The van der Waals surface area contributed by atoms with Crippen LogP contribution in [0.25, 0.3) is 0 Å². The smallest absolute Gasteiger partial charge is 0.419 e. The Kier molecular flexibility index (Phi) is 5.15. The Morgan fingerprint density at radius 3 is 2.44 bits per heavy atom. The highest BCUT2D eigenvalue weighted by atomic mass is 19.4. The van der Waals surface area contributed by atoms with Crippen LogP contribution in [-0.4, -0.2) is 23.0 Å². The van der Waals surface area contributed by atoms with Crippen LogP contribution in [-0.2, 0) is 17.4 Å². The normalized spacial score (nSPS) is 12.7. The molecule has 134 valence electrons. The Morgan fingerprint density at radius 1 is 1.24 bits per heavy atom. The van der Waals surface area contributed by atoms with Crippen molar-refractivity contribution in [2.75, 3.05) is 0 Å². The zero-order chi connectivity index (χ0) is 18.8. The Hall–Kier alpha value is -2.84. The molecular formula is C16H13F4NO4. The van der Waals surface area contributed by atoms with Crippen molar-refractivity contribution in [3.05, 3.63) is 58.8 Å². The van der Waals surface area contributed by atoms with Gasteiger partial charge in [0, 0.05) is 6.42 Å². The number of hydrogen-bond donors (Lipinski definition) is 2. The van der Waals surface area contributed by atoms with Crippen LogP contribution in [0.2, 0.25) is 0 Å². The van der Waals surface area contributed by atoms with E-state index in [0.717, 1.165) is 12.1 Å². The highest BCUT2D eigenvalue weighted by molar-refractivity contribution is 5.94. The Bertz CT molecular complexity index is 798. The van der Waals surface area contributed by atoms with Gasteiger partial charge in [-0.15, -0.1) is 0 Å². The summed E-state index contributed by atoms with van der Waals surface area (Å²) in [7, 11) is 0. The maximum atomic E-state index is 14.0. The third-order valence-corrected chi connectivity index (χ3v) is 3.38. The largest absolute Gasteiger partial charge is 0.480 e. The van der Waals surface area contributed by atoms with E-state index in [1.54, 1.807) is 6.92 Å². The standard InChI is InChI=1S/C16H13F4NO4/c1-8-5-6-12(25-8)14(22)21-11(15(23)24)7-9-3-2-4-10(13(9)17)16(18,19)20/h2-6,11H,7H2,1H3,(H,21,22)(H,23,24). The third-order valence-electron chi connectivity index (χ3n) is 3.38. The van der Waals surface area contributed by atoms with Crippen molar-refractivity contribution >= 4 is 11.9 Å². The molecule has 0 aliphatic rings. The molecule has 25 heavy (non-hydrogen) atoms. The summed E-state index contributed by atoms with van der Waals surface area (Å²) in [5.41, 5.74) is -1.97. The van der Waals surface area contributed by atoms with E-state index in [1.165, 1.54) is 12.1 Å². The monoisotopic (exact) mass is 359 g/mol. The minimum Gasteiger partial charge on any atom is -0.480 e. The molecule has 2 aromatic rings. The van der Waals surface area contributed by atoms with Crippen LogP contribution >= 0.6 is 0 Å². The van der Waals surface area contributed by atoms with Crippen LogP contribution in [0.1, 0.15) is 27.4 Å². The molecule has 1 atom stereocenters. The van der Waals surface area contributed by atoms with Crippen molar-refractivity contribution in [1.82, 2.24) is 5.32 Å². The molecule has 1 amide bonds. The van der Waals surface area contributed by atoms with Crippen molar-refractivity contribution < 1.29 is 36.7 Å². The van der Waals surface area contributed by atoms with Gasteiger partial charge in [0.2, 0.25) is 0 Å². The number of benzene rings is 1. The fraction of sp³-hybridized carbons (Fsp3) is 0.250. The second-order valence-corrected chi connectivity index (χ2v) is 5.26. The topological polar surface area (TPSA) is 79.5 Å². The first-order chi connectivity index (χ1) is 11.6. The number of aliphatic carboxylic acids is 1. The van der Waals surface area contributed by atoms with Crippen molar-refractivity contribution in [2.45, 2.75) is 25.6 Å². The molecule has 0 saturated carbocycles. The quantitative estimate of drug-likeness (QED) is 0.804. The maximum Gasteiger partial charge on any atom is 0.419 e. The van der Waals surface area contributed by atoms with Gasteiger partial charge in [-0.05, 0) is 30.7 Å². The molecule has 1 heterocycles. The predicted molar refractivity (Wildman–Crippen MR) is 77.4 cm³/mol. The van der Waals surface area contributed by atoms with Crippen LogP contribution in [0.5, 0.6) is 0 Å². The van der Waals surface area contributed by atoms with E-state index in [4.69, 9.17) is 9.52 Å². The zero-order valence-electron chi connectivity index (χ0n) is 12.9. The molecule has 0 spiro atoms. The van der Waals surface area contributed by atoms with Crippen LogP contribution in [0.15, 0.2) is 34.7 Å². The number of carbonyl (C=O) groups excluding carboxylic acids is 1. The van der Waals surface area contributed by atoms with E-state index in [2.05, 4.69) is 5.32 Å². The lowest BCUT2D eigenvalue weighted by molar-refractivity contribution is -0.140. The fourth-order valence-corrected chi connectivity index (χ4v) is 2.16. The van der Waals surface area contributed by atoms with Gasteiger partial charge in [-0.2, -0.15) is 13.2 Å². The molecular weight excluding hydrogens is 346 g/mol. The molecule has 9 heteroatoms. The number of halogens is 4. The lowest BCUT2D eigenvalue weighted by Gasteiger charge is -2.16.